The second-order valence-corrected chi connectivity index (χ2v) is 7.73. The van der Waals surface area contributed by atoms with Gasteiger partial charge in [-0.05, 0) is 41.0 Å². The number of benzene rings is 2. The van der Waals surface area contributed by atoms with Crippen LogP contribution in [0, 0.1) is 10.1 Å². The molecule has 4 rings (SSSR count). The fourth-order valence-corrected chi connectivity index (χ4v) is 4.05. The van der Waals surface area contributed by atoms with Crippen molar-refractivity contribution in [2.24, 2.45) is 0 Å². The van der Waals surface area contributed by atoms with Crippen molar-refractivity contribution in [2.45, 2.75) is 13.0 Å². The number of nitro benzene ring substituents is 1. The number of morpholine rings is 1. The standard InChI is InChI=1S/C22H27N5O6/c1-30-17-4-7-20(31-2)16(14-17)15-26(9-3-8-25-10-12-32-13-11-25)18-5-6-19(27(28)29)22-21(18)23-33-24-22/h4-7,14H,3,8-13,15H2,1-2H3. The molecule has 33 heavy (non-hydrogen) atoms. The molecule has 0 N–H and O–H groups in total. The van der Waals surface area contributed by atoms with Gasteiger partial charge in [0.05, 0.1) is 38.0 Å². The Morgan fingerprint density at radius 2 is 1.91 bits per heavy atom. The van der Waals surface area contributed by atoms with Crippen LogP contribution < -0.4 is 14.4 Å². The monoisotopic (exact) mass is 457 g/mol. The van der Waals surface area contributed by atoms with Crippen LogP contribution in [0.5, 0.6) is 11.5 Å². The number of rotatable bonds is 10. The van der Waals surface area contributed by atoms with Gasteiger partial charge in [-0.2, -0.15) is 0 Å². The lowest BCUT2D eigenvalue weighted by Gasteiger charge is -2.29. The molecule has 0 radical (unpaired) electrons. The van der Waals surface area contributed by atoms with Crippen molar-refractivity contribution in [3.05, 3.63) is 46.0 Å². The van der Waals surface area contributed by atoms with Crippen molar-refractivity contribution >= 4 is 22.4 Å². The van der Waals surface area contributed by atoms with Gasteiger partial charge in [-0.1, -0.05) is 0 Å². The van der Waals surface area contributed by atoms with E-state index in [2.05, 4.69) is 20.1 Å². The number of hydrogen-bond donors (Lipinski definition) is 0. The third-order valence-corrected chi connectivity index (χ3v) is 5.77. The smallest absolute Gasteiger partial charge is 0.300 e. The van der Waals surface area contributed by atoms with Gasteiger partial charge in [0.2, 0.25) is 5.52 Å². The van der Waals surface area contributed by atoms with Gasteiger partial charge in [-0.3, -0.25) is 15.0 Å². The number of fused-ring (bicyclic) bond motifs is 1. The van der Waals surface area contributed by atoms with E-state index < -0.39 is 4.92 Å². The number of nitro groups is 1. The van der Waals surface area contributed by atoms with Crippen LogP contribution in [0.1, 0.15) is 12.0 Å². The van der Waals surface area contributed by atoms with E-state index in [0.717, 1.165) is 56.3 Å². The molecule has 11 heteroatoms. The lowest BCUT2D eigenvalue weighted by atomic mass is 10.1. The third-order valence-electron chi connectivity index (χ3n) is 5.77. The fourth-order valence-electron chi connectivity index (χ4n) is 4.05. The molecule has 0 atom stereocenters. The number of hydrogen-bond acceptors (Lipinski definition) is 10. The Hall–Kier alpha value is -3.44. The average Bonchev–Trinajstić information content (AvgIpc) is 3.33. The van der Waals surface area contributed by atoms with E-state index in [1.165, 1.54) is 6.07 Å². The largest absolute Gasteiger partial charge is 0.497 e. The lowest BCUT2D eigenvalue weighted by Crippen LogP contribution is -2.38. The number of ether oxygens (including phenoxy) is 3. The van der Waals surface area contributed by atoms with Crippen molar-refractivity contribution < 1.29 is 23.8 Å². The number of non-ortho nitro benzene ring substituents is 1. The maximum absolute atomic E-state index is 11.4. The molecule has 0 spiro atoms. The fraction of sp³-hybridized carbons (Fsp3) is 0.455. The van der Waals surface area contributed by atoms with E-state index in [1.54, 1.807) is 20.3 Å². The van der Waals surface area contributed by atoms with Crippen LogP contribution in [0.2, 0.25) is 0 Å². The number of nitrogens with zero attached hydrogens (tertiary/aromatic N) is 5. The molecule has 11 nitrogen and oxygen atoms in total. The number of methoxy groups -OCH3 is 2. The first-order valence-electron chi connectivity index (χ1n) is 10.8. The van der Waals surface area contributed by atoms with Gasteiger partial charge in [0.25, 0.3) is 0 Å². The summed E-state index contributed by atoms with van der Waals surface area (Å²) in [7, 11) is 3.24. The second kappa shape index (κ2) is 10.5. The molecule has 0 aliphatic carbocycles. The quantitative estimate of drug-likeness (QED) is 0.332. The summed E-state index contributed by atoms with van der Waals surface area (Å²) in [5, 5.41) is 19.2. The first kappa shape index (κ1) is 22.7. The predicted molar refractivity (Wildman–Crippen MR) is 121 cm³/mol. The molecule has 1 aliphatic heterocycles. The minimum atomic E-state index is -0.482. The molecule has 1 aliphatic rings. The summed E-state index contributed by atoms with van der Waals surface area (Å²) in [6.45, 7) is 5.43. The summed E-state index contributed by atoms with van der Waals surface area (Å²) < 4.78 is 21.3. The molecule has 2 aromatic carbocycles. The number of anilines is 1. The van der Waals surface area contributed by atoms with Crippen molar-refractivity contribution in [1.82, 2.24) is 15.2 Å². The van der Waals surface area contributed by atoms with Crippen LogP contribution in [0.15, 0.2) is 35.0 Å². The van der Waals surface area contributed by atoms with Gasteiger partial charge in [0.1, 0.15) is 11.5 Å². The molecule has 1 fully saturated rings. The van der Waals surface area contributed by atoms with Gasteiger partial charge in [-0.15, -0.1) is 0 Å². The third kappa shape index (κ3) is 5.15. The van der Waals surface area contributed by atoms with Gasteiger partial charge in [-0.25, -0.2) is 4.63 Å². The van der Waals surface area contributed by atoms with Gasteiger partial charge >= 0.3 is 5.69 Å². The Morgan fingerprint density at radius 3 is 2.64 bits per heavy atom. The zero-order valence-corrected chi connectivity index (χ0v) is 18.7. The molecular weight excluding hydrogens is 430 g/mol. The van der Waals surface area contributed by atoms with Crippen LogP contribution >= 0.6 is 0 Å². The molecular formula is C22H27N5O6. The van der Waals surface area contributed by atoms with Gasteiger partial charge in [0, 0.05) is 44.4 Å². The highest BCUT2D eigenvalue weighted by atomic mass is 16.6. The predicted octanol–water partition coefficient (Wildman–Crippen LogP) is 2.88. The maximum atomic E-state index is 11.4. The Morgan fingerprint density at radius 1 is 1.12 bits per heavy atom. The highest BCUT2D eigenvalue weighted by molar-refractivity contribution is 5.93. The second-order valence-electron chi connectivity index (χ2n) is 7.73. The van der Waals surface area contributed by atoms with Crippen molar-refractivity contribution in [3.63, 3.8) is 0 Å². The molecule has 0 saturated carbocycles. The molecule has 3 aromatic rings. The van der Waals surface area contributed by atoms with Crippen molar-refractivity contribution in [2.75, 3.05) is 58.5 Å². The molecule has 176 valence electrons. The number of aromatic nitrogens is 2. The van der Waals surface area contributed by atoms with E-state index >= 15 is 0 Å². The van der Waals surface area contributed by atoms with E-state index in [9.17, 15) is 10.1 Å². The SMILES string of the molecule is COc1ccc(OC)c(CN(CCCN2CCOCC2)c2ccc([N+](=O)[O-])c3nonc23)c1. The minimum absolute atomic E-state index is 0.133. The minimum Gasteiger partial charge on any atom is -0.497 e. The molecule has 1 aromatic heterocycles. The van der Waals surface area contributed by atoms with Crippen LogP contribution in [0.3, 0.4) is 0 Å². The van der Waals surface area contributed by atoms with Crippen molar-refractivity contribution in [3.8, 4) is 11.5 Å². The van der Waals surface area contributed by atoms with E-state index in [1.807, 2.05) is 18.2 Å². The lowest BCUT2D eigenvalue weighted by molar-refractivity contribution is -0.383. The Bertz CT molecular complexity index is 1100. The zero-order chi connectivity index (χ0) is 23.2. The average molecular weight is 457 g/mol. The highest BCUT2D eigenvalue weighted by Crippen LogP contribution is 2.34. The summed E-state index contributed by atoms with van der Waals surface area (Å²) in [6.07, 6.45) is 0.885. The van der Waals surface area contributed by atoms with Gasteiger partial charge in [0.15, 0.2) is 5.52 Å². The Kier molecular flexibility index (Phi) is 7.20. The van der Waals surface area contributed by atoms with Gasteiger partial charge < -0.3 is 19.1 Å². The molecule has 0 unspecified atom stereocenters. The first-order chi connectivity index (χ1) is 16.1. The zero-order valence-electron chi connectivity index (χ0n) is 18.7. The van der Waals surface area contributed by atoms with E-state index in [0.29, 0.717) is 24.3 Å². The normalized spacial score (nSPS) is 14.4. The van der Waals surface area contributed by atoms with Crippen LogP contribution in [-0.2, 0) is 11.3 Å². The topological polar surface area (TPSA) is 116 Å². The van der Waals surface area contributed by atoms with Crippen LogP contribution in [0.4, 0.5) is 11.4 Å². The van der Waals surface area contributed by atoms with E-state index in [-0.39, 0.29) is 11.2 Å². The molecule has 1 saturated heterocycles. The summed E-state index contributed by atoms with van der Waals surface area (Å²) in [5.74, 6) is 1.45. The molecule has 0 bridgehead atoms. The summed E-state index contributed by atoms with van der Waals surface area (Å²) in [5.41, 5.74) is 1.99. The Labute approximate surface area is 190 Å². The molecule has 0 amide bonds. The van der Waals surface area contributed by atoms with E-state index in [4.69, 9.17) is 18.8 Å². The summed E-state index contributed by atoms with van der Waals surface area (Å²) in [6, 6.07) is 8.78. The maximum Gasteiger partial charge on any atom is 0.300 e. The van der Waals surface area contributed by atoms with Crippen LogP contribution in [0.25, 0.3) is 11.0 Å². The summed E-state index contributed by atoms with van der Waals surface area (Å²) >= 11 is 0. The molecule has 2 heterocycles. The Balaban J connectivity index is 1.64. The summed E-state index contributed by atoms with van der Waals surface area (Å²) in [4.78, 5) is 15.4. The van der Waals surface area contributed by atoms with Crippen molar-refractivity contribution in [1.29, 1.82) is 0 Å². The highest BCUT2D eigenvalue weighted by Gasteiger charge is 2.23. The first-order valence-corrected chi connectivity index (χ1v) is 10.8. The van der Waals surface area contributed by atoms with Crippen LogP contribution in [-0.4, -0.2) is 73.7 Å².